The molecular weight excluding hydrogens is 412 g/mol. The maximum Gasteiger partial charge on any atom is 0.244 e. The minimum absolute atomic E-state index is 0.0162. The van der Waals surface area contributed by atoms with Crippen LogP contribution in [0.2, 0.25) is 0 Å². The number of thiophene rings is 1. The molecule has 1 amide bonds. The Morgan fingerprint density at radius 1 is 1.30 bits per heavy atom. The van der Waals surface area contributed by atoms with E-state index in [2.05, 4.69) is 4.72 Å². The van der Waals surface area contributed by atoms with Gasteiger partial charge < -0.3 is 4.74 Å². The van der Waals surface area contributed by atoms with Gasteiger partial charge in [0.25, 0.3) is 0 Å². The van der Waals surface area contributed by atoms with Crippen LogP contribution in [0.1, 0.15) is 18.2 Å². The molecule has 0 aliphatic carbocycles. The molecule has 146 valence electrons. The van der Waals surface area contributed by atoms with Gasteiger partial charge in [-0.3, -0.25) is 4.79 Å². The molecule has 1 aromatic heterocycles. The van der Waals surface area contributed by atoms with Crippen LogP contribution in [0.4, 0.5) is 5.69 Å². The van der Waals surface area contributed by atoms with Crippen molar-refractivity contribution in [3.63, 3.8) is 0 Å². The van der Waals surface area contributed by atoms with Crippen LogP contribution in [0, 0.1) is 0 Å². The Kier molecular flexibility index (Phi) is 5.56. The SMILES string of the molecule is CCOc1ccc(N2C(=O)CCS2(=O)=O)cc1S(=O)(=O)NCc1cccs1. The number of amides is 1. The second-order valence-electron chi connectivity index (χ2n) is 5.69. The minimum Gasteiger partial charge on any atom is -0.492 e. The monoisotopic (exact) mass is 430 g/mol. The third kappa shape index (κ3) is 4.15. The summed E-state index contributed by atoms with van der Waals surface area (Å²) >= 11 is 1.41. The summed E-state index contributed by atoms with van der Waals surface area (Å²) in [6.45, 7) is 2.03. The van der Waals surface area contributed by atoms with Gasteiger partial charge in [0, 0.05) is 17.8 Å². The molecule has 1 aliphatic rings. The third-order valence-corrected chi connectivity index (χ3v) is 7.84. The molecule has 0 spiro atoms. The van der Waals surface area contributed by atoms with Crippen LogP contribution in [-0.4, -0.2) is 35.1 Å². The van der Waals surface area contributed by atoms with Gasteiger partial charge >= 0.3 is 0 Å². The number of hydrogen-bond donors (Lipinski definition) is 1. The molecule has 27 heavy (non-hydrogen) atoms. The van der Waals surface area contributed by atoms with Gasteiger partial charge in [-0.1, -0.05) is 6.07 Å². The zero-order chi connectivity index (χ0) is 19.7. The molecule has 2 aromatic rings. The van der Waals surface area contributed by atoms with Crippen molar-refractivity contribution in [3.05, 3.63) is 40.6 Å². The minimum atomic E-state index is -4.00. The third-order valence-electron chi connectivity index (χ3n) is 3.85. The van der Waals surface area contributed by atoms with Crippen molar-refractivity contribution in [2.75, 3.05) is 16.7 Å². The summed E-state index contributed by atoms with van der Waals surface area (Å²) in [6, 6.07) is 7.49. The van der Waals surface area contributed by atoms with Gasteiger partial charge in [0.15, 0.2) is 0 Å². The molecule has 11 heteroatoms. The lowest BCUT2D eigenvalue weighted by Gasteiger charge is -2.18. The Hall–Kier alpha value is -1.95. The van der Waals surface area contributed by atoms with Gasteiger partial charge in [-0.25, -0.2) is 25.9 Å². The molecule has 0 bridgehead atoms. The summed E-state index contributed by atoms with van der Waals surface area (Å²) < 4.78 is 58.4. The van der Waals surface area contributed by atoms with Crippen LogP contribution < -0.4 is 13.8 Å². The van der Waals surface area contributed by atoms with Gasteiger partial charge in [-0.2, -0.15) is 0 Å². The van der Waals surface area contributed by atoms with E-state index >= 15 is 0 Å². The summed E-state index contributed by atoms with van der Waals surface area (Å²) in [5.41, 5.74) is -0.0162. The molecular formula is C16H18N2O6S3. The Morgan fingerprint density at radius 2 is 2.07 bits per heavy atom. The highest BCUT2D eigenvalue weighted by molar-refractivity contribution is 7.94. The van der Waals surface area contributed by atoms with Crippen LogP contribution in [0.15, 0.2) is 40.6 Å². The van der Waals surface area contributed by atoms with Gasteiger partial charge in [0.1, 0.15) is 10.6 Å². The molecule has 1 fully saturated rings. The largest absolute Gasteiger partial charge is 0.492 e. The summed E-state index contributed by atoms with van der Waals surface area (Å²) in [7, 11) is -7.79. The fraction of sp³-hybridized carbons (Fsp3) is 0.312. The van der Waals surface area contributed by atoms with E-state index in [0.717, 1.165) is 10.9 Å². The maximum absolute atomic E-state index is 12.8. The fourth-order valence-electron chi connectivity index (χ4n) is 2.63. The van der Waals surface area contributed by atoms with Gasteiger partial charge in [0.05, 0.1) is 18.0 Å². The molecule has 1 aromatic carbocycles. The van der Waals surface area contributed by atoms with E-state index in [4.69, 9.17) is 4.74 Å². The summed E-state index contributed by atoms with van der Waals surface area (Å²) in [5, 5.41) is 1.83. The summed E-state index contributed by atoms with van der Waals surface area (Å²) in [6.07, 6.45) is -0.131. The Balaban J connectivity index is 2.00. The second kappa shape index (κ2) is 7.58. The van der Waals surface area contributed by atoms with Crippen molar-refractivity contribution < 1.29 is 26.4 Å². The first-order valence-electron chi connectivity index (χ1n) is 8.09. The number of benzene rings is 1. The van der Waals surface area contributed by atoms with Crippen LogP contribution >= 0.6 is 11.3 Å². The van der Waals surface area contributed by atoms with Gasteiger partial charge in [0.2, 0.25) is 26.0 Å². The van der Waals surface area contributed by atoms with Crippen LogP contribution in [-0.2, 0) is 31.4 Å². The number of carbonyl (C=O) groups is 1. The van der Waals surface area contributed by atoms with Crippen molar-refractivity contribution in [3.8, 4) is 5.75 Å². The number of ether oxygens (including phenoxy) is 1. The Labute approximate surface area is 161 Å². The molecule has 0 atom stereocenters. The lowest BCUT2D eigenvalue weighted by atomic mass is 10.3. The number of carbonyl (C=O) groups excluding carboxylic acids is 1. The molecule has 2 heterocycles. The lowest BCUT2D eigenvalue weighted by molar-refractivity contribution is -0.116. The molecule has 0 saturated carbocycles. The lowest BCUT2D eigenvalue weighted by Crippen LogP contribution is -2.30. The first kappa shape index (κ1) is 19.8. The van der Waals surface area contributed by atoms with Crippen molar-refractivity contribution in [2.24, 2.45) is 0 Å². The molecule has 1 saturated heterocycles. The number of nitrogens with one attached hydrogen (secondary N) is 1. The number of rotatable bonds is 7. The average molecular weight is 431 g/mol. The number of anilines is 1. The highest BCUT2D eigenvalue weighted by atomic mass is 32.2. The fourth-order valence-corrected chi connectivity index (χ4v) is 5.99. The first-order chi connectivity index (χ1) is 12.7. The number of sulfonamides is 2. The normalized spacial score (nSPS) is 16.6. The van der Waals surface area contributed by atoms with E-state index in [1.807, 2.05) is 11.4 Å². The van der Waals surface area contributed by atoms with E-state index in [9.17, 15) is 21.6 Å². The van der Waals surface area contributed by atoms with E-state index < -0.39 is 26.0 Å². The smallest absolute Gasteiger partial charge is 0.244 e. The molecule has 1 N–H and O–H groups in total. The topological polar surface area (TPSA) is 110 Å². The maximum atomic E-state index is 12.8. The van der Waals surface area contributed by atoms with E-state index in [-0.39, 0.29) is 41.7 Å². The van der Waals surface area contributed by atoms with Crippen molar-refractivity contribution in [1.82, 2.24) is 4.72 Å². The van der Waals surface area contributed by atoms with E-state index in [1.54, 1.807) is 13.0 Å². The molecule has 0 radical (unpaired) electrons. The molecule has 1 aliphatic heterocycles. The Bertz CT molecular complexity index is 1050. The van der Waals surface area contributed by atoms with Crippen molar-refractivity contribution in [2.45, 2.75) is 24.8 Å². The first-order valence-corrected chi connectivity index (χ1v) is 12.1. The van der Waals surface area contributed by atoms with Crippen molar-refractivity contribution in [1.29, 1.82) is 0 Å². The molecule has 0 unspecified atom stereocenters. The van der Waals surface area contributed by atoms with Gasteiger partial charge in [-0.05, 0) is 36.6 Å². The quantitative estimate of drug-likeness (QED) is 0.716. The zero-order valence-electron chi connectivity index (χ0n) is 14.4. The summed E-state index contributed by atoms with van der Waals surface area (Å²) in [4.78, 5) is 12.6. The highest BCUT2D eigenvalue weighted by Crippen LogP contribution is 2.32. The molecule has 8 nitrogen and oxygen atoms in total. The highest BCUT2D eigenvalue weighted by Gasteiger charge is 2.37. The van der Waals surface area contributed by atoms with Crippen molar-refractivity contribution >= 4 is 43.0 Å². The molecule has 3 rings (SSSR count). The van der Waals surface area contributed by atoms with Crippen LogP contribution in [0.25, 0.3) is 0 Å². The van der Waals surface area contributed by atoms with Crippen LogP contribution in [0.3, 0.4) is 0 Å². The van der Waals surface area contributed by atoms with E-state index in [0.29, 0.717) is 4.31 Å². The van der Waals surface area contributed by atoms with E-state index in [1.165, 1.54) is 23.5 Å². The predicted octanol–water partition coefficient (Wildman–Crippen LogP) is 1.69. The Morgan fingerprint density at radius 3 is 2.67 bits per heavy atom. The predicted molar refractivity (Wildman–Crippen MR) is 102 cm³/mol. The van der Waals surface area contributed by atoms with Crippen LogP contribution in [0.5, 0.6) is 5.75 Å². The van der Waals surface area contributed by atoms with Gasteiger partial charge in [-0.15, -0.1) is 11.3 Å². The average Bonchev–Trinajstić information content (AvgIpc) is 3.22. The standard InChI is InChI=1S/C16H18N2O6S3/c1-2-24-14-6-5-12(18-16(19)7-9-26(18,20)21)10-15(14)27(22,23)17-11-13-4-3-8-25-13/h3-6,8,10,17H,2,7,9,11H2,1H3. The number of nitrogens with zero attached hydrogens (tertiary/aromatic N) is 1. The number of hydrogen-bond acceptors (Lipinski definition) is 7. The summed E-state index contributed by atoms with van der Waals surface area (Å²) in [5.74, 6) is -0.796. The second-order valence-corrected chi connectivity index (χ2v) is 10.4. The zero-order valence-corrected chi connectivity index (χ0v) is 16.9.